The number of methoxy groups -OCH3 is 1. The van der Waals surface area contributed by atoms with Crippen molar-refractivity contribution in [3.05, 3.63) is 23.8 Å². The van der Waals surface area contributed by atoms with Gasteiger partial charge in [-0.25, -0.2) is 0 Å². The van der Waals surface area contributed by atoms with Crippen molar-refractivity contribution >= 4 is 23.4 Å². The number of carbonyl (C=O) groups is 3. The molecule has 0 unspecified atom stereocenters. The lowest BCUT2D eigenvalue weighted by Gasteiger charge is -2.36. The van der Waals surface area contributed by atoms with Gasteiger partial charge < -0.3 is 24.6 Å². The second-order valence-corrected chi connectivity index (χ2v) is 10.0. The van der Waals surface area contributed by atoms with E-state index >= 15 is 0 Å². The van der Waals surface area contributed by atoms with Gasteiger partial charge in [0.05, 0.1) is 17.7 Å². The van der Waals surface area contributed by atoms with Gasteiger partial charge in [-0.3, -0.25) is 14.4 Å². The van der Waals surface area contributed by atoms with Crippen molar-refractivity contribution in [1.82, 2.24) is 9.80 Å². The monoisotopic (exact) mass is 487 g/mol. The van der Waals surface area contributed by atoms with Crippen LogP contribution in [0.4, 0.5) is 5.69 Å². The molecule has 8 heteroatoms. The van der Waals surface area contributed by atoms with Crippen LogP contribution >= 0.6 is 0 Å². The number of hydrogen-bond donors (Lipinski definition) is 1. The third-order valence-electron chi connectivity index (χ3n) is 7.31. The first-order valence-electron chi connectivity index (χ1n) is 12.9. The van der Waals surface area contributed by atoms with E-state index in [1.165, 1.54) is 6.42 Å². The molecule has 1 aromatic carbocycles. The summed E-state index contributed by atoms with van der Waals surface area (Å²) in [5.41, 5.74) is 1.03. The zero-order chi connectivity index (χ0) is 25.5. The van der Waals surface area contributed by atoms with Crippen molar-refractivity contribution in [1.29, 1.82) is 0 Å². The molecule has 2 aliphatic rings. The highest BCUT2D eigenvalue weighted by Gasteiger charge is 2.30. The van der Waals surface area contributed by atoms with Gasteiger partial charge in [0, 0.05) is 57.3 Å². The van der Waals surface area contributed by atoms with Gasteiger partial charge in [0.15, 0.2) is 0 Å². The van der Waals surface area contributed by atoms with Crippen molar-refractivity contribution in [2.24, 2.45) is 11.8 Å². The lowest BCUT2D eigenvalue weighted by atomic mass is 9.88. The lowest BCUT2D eigenvalue weighted by Crippen LogP contribution is -2.48. The van der Waals surface area contributed by atoms with Gasteiger partial charge in [-0.1, -0.05) is 33.1 Å². The highest BCUT2D eigenvalue weighted by Crippen LogP contribution is 2.29. The number of ether oxygens (including phenoxy) is 2. The zero-order valence-corrected chi connectivity index (χ0v) is 21.8. The quantitative estimate of drug-likeness (QED) is 0.695. The predicted molar refractivity (Wildman–Crippen MR) is 136 cm³/mol. The molecule has 3 atom stereocenters. The molecule has 1 saturated carbocycles. The molecule has 35 heavy (non-hydrogen) atoms. The van der Waals surface area contributed by atoms with E-state index < -0.39 is 0 Å². The number of benzene rings is 1. The summed E-state index contributed by atoms with van der Waals surface area (Å²) in [6.45, 7) is 6.99. The third-order valence-corrected chi connectivity index (χ3v) is 7.31. The Balaban J connectivity index is 1.89. The molecular formula is C27H41N3O5. The zero-order valence-electron chi connectivity index (χ0n) is 21.8. The number of nitrogens with zero attached hydrogens (tertiary/aromatic N) is 2. The van der Waals surface area contributed by atoms with Crippen molar-refractivity contribution < 1.29 is 23.9 Å². The highest BCUT2D eigenvalue weighted by atomic mass is 16.5. The number of fused-ring (bicyclic) bond motifs is 1. The molecule has 0 radical (unpaired) electrons. The Labute approximate surface area is 209 Å². The minimum Gasteiger partial charge on any atom is -0.491 e. The smallest absolute Gasteiger partial charge is 0.257 e. The summed E-state index contributed by atoms with van der Waals surface area (Å²) >= 11 is 0. The molecule has 1 aromatic rings. The van der Waals surface area contributed by atoms with E-state index in [1.807, 2.05) is 25.7 Å². The molecule has 8 nitrogen and oxygen atoms in total. The van der Waals surface area contributed by atoms with Crippen LogP contribution in [-0.2, 0) is 14.3 Å². The molecule has 1 aliphatic carbocycles. The van der Waals surface area contributed by atoms with E-state index in [0.29, 0.717) is 36.5 Å². The molecule has 1 N–H and O–H groups in total. The van der Waals surface area contributed by atoms with Crippen LogP contribution in [0.25, 0.3) is 0 Å². The second-order valence-electron chi connectivity index (χ2n) is 10.0. The second kappa shape index (κ2) is 12.4. The summed E-state index contributed by atoms with van der Waals surface area (Å²) in [5.74, 6) is 0.365. The molecular weight excluding hydrogens is 446 g/mol. The summed E-state index contributed by atoms with van der Waals surface area (Å²) in [7, 11) is 3.38. The number of amides is 3. The normalized spacial score (nSPS) is 24.6. The number of likely N-dealkylation sites (N-methyl/N-ethyl adjacent to an activating group) is 1. The fourth-order valence-corrected chi connectivity index (χ4v) is 5.01. The number of anilines is 1. The van der Waals surface area contributed by atoms with Crippen LogP contribution < -0.4 is 10.1 Å². The van der Waals surface area contributed by atoms with Crippen LogP contribution in [0.2, 0.25) is 0 Å². The van der Waals surface area contributed by atoms with Crippen LogP contribution in [0, 0.1) is 11.8 Å². The van der Waals surface area contributed by atoms with Gasteiger partial charge in [0.1, 0.15) is 12.4 Å². The van der Waals surface area contributed by atoms with Crippen molar-refractivity contribution in [3.8, 4) is 5.75 Å². The van der Waals surface area contributed by atoms with Gasteiger partial charge in [-0.15, -0.1) is 0 Å². The summed E-state index contributed by atoms with van der Waals surface area (Å²) in [4.78, 5) is 42.3. The Morgan fingerprint density at radius 3 is 2.51 bits per heavy atom. The van der Waals surface area contributed by atoms with Crippen LogP contribution in [0.15, 0.2) is 18.2 Å². The molecule has 3 amide bonds. The molecule has 0 aromatic heterocycles. The Hall–Kier alpha value is -2.61. The SMILES string of the molecule is CCC(=O)N1C[C@H](C)[C@H](OC)CN(C)C(=O)c2ccc(NC(=O)C3CCCCC3)cc2OC[C@H]1C. The van der Waals surface area contributed by atoms with Gasteiger partial charge >= 0.3 is 0 Å². The summed E-state index contributed by atoms with van der Waals surface area (Å²) in [6, 6.07) is 5.00. The maximum absolute atomic E-state index is 13.3. The Kier molecular flexibility index (Phi) is 9.55. The molecule has 1 fully saturated rings. The largest absolute Gasteiger partial charge is 0.491 e. The van der Waals surface area contributed by atoms with Crippen LogP contribution in [0.1, 0.15) is 69.7 Å². The first-order valence-corrected chi connectivity index (χ1v) is 12.9. The van der Waals surface area contributed by atoms with E-state index in [4.69, 9.17) is 9.47 Å². The Bertz CT molecular complexity index is 899. The molecule has 0 bridgehead atoms. The Morgan fingerprint density at radius 2 is 1.86 bits per heavy atom. The van der Waals surface area contributed by atoms with Crippen molar-refractivity contribution in [2.75, 3.05) is 39.2 Å². The molecule has 0 spiro atoms. The third kappa shape index (κ3) is 6.75. The lowest BCUT2D eigenvalue weighted by molar-refractivity contribution is -0.135. The van der Waals surface area contributed by atoms with Gasteiger partial charge in [-0.2, -0.15) is 0 Å². The number of rotatable bonds is 4. The fraction of sp³-hybridized carbons (Fsp3) is 0.667. The molecule has 1 heterocycles. The molecule has 1 aliphatic heterocycles. The number of hydrogen-bond acceptors (Lipinski definition) is 5. The summed E-state index contributed by atoms with van der Waals surface area (Å²) < 4.78 is 11.9. The number of carbonyl (C=O) groups excluding carboxylic acids is 3. The average Bonchev–Trinajstić information content (AvgIpc) is 2.87. The van der Waals surface area contributed by atoms with E-state index in [2.05, 4.69) is 5.32 Å². The van der Waals surface area contributed by atoms with E-state index in [1.54, 1.807) is 37.3 Å². The van der Waals surface area contributed by atoms with E-state index in [0.717, 1.165) is 25.7 Å². The van der Waals surface area contributed by atoms with Crippen molar-refractivity contribution in [3.63, 3.8) is 0 Å². The maximum atomic E-state index is 13.3. The molecule has 194 valence electrons. The highest BCUT2D eigenvalue weighted by molar-refractivity contribution is 5.98. The number of nitrogens with one attached hydrogen (secondary N) is 1. The van der Waals surface area contributed by atoms with Gasteiger partial charge in [0.25, 0.3) is 5.91 Å². The molecule has 0 saturated heterocycles. The van der Waals surface area contributed by atoms with E-state index in [9.17, 15) is 14.4 Å². The van der Waals surface area contributed by atoms with Crippen LogP contribution in [-0.4, -0.2) is 73.5 Å². The van der Waals surface area contributed by atoms with Gasteiger partial charge in [-0.05, 0) is 31.9 Å². The topological polar surface area (TPSA) is 88.2 Å². The van der Waals surface area contributed by atoms with Crippen LogP contribution in [0.3, 0.4) is 0 Å². The minimum atomic E-state index is -0.221. The summed E-state index contributed by atoms with van der Waals surface area (Å²) in [6.07, 6.45) is 5.35. The fourth-order valence-electron chi connectivity index (χ4n) is 5.01. The average molecular weight is 488 g/mol. The minimum absolute atomic E-state index is 0.0197. The van der Waals surface area contributed by atoms with Crippen molar-refractivity contribution in [2.45, 2.75) is 71.4 Å². The maximum Gasteiger partial charge on any atom is 0.257 e. The summed E-state index contributed by atoms with van der Waals surface area (Å²) in [5, 5.41) is 3.02. The van der Waals surface area contributed by atoms with Crippen LogP contribution in [0.5, 0.6) is 5.75 Å². The first kappa shape index (κ1) is 27.0. The Morgan fingerprint density at radius 1 is 1.14 bits per heavy atom. The standard InChI is InChI=1S/C27H41N3O5/c1-6-25(31)30-15-18(2)24(34-5)16-29(4)27(33)22-13-12-21(14-23(22)35-17-19(30)3)28-26(32)20-10-8-7-9-11-20/h12-14,18-20,24H,6-11,15-17H2,1-5H3,(H,28,32)/t18-,19+,24+/m0/s1. The van der Waals surface area contributed by atoms with Gasteiger partial charge in [0.2, 0.25) is 11.8 Å². The van der Waals surface area contributed by atoms with E-state index in [-0.39, 0.29) is 48.3 Å². The molecule has 3 rings (SSSR count). The predicted octanol–water partition coefficient (Wildman–Crippen LogP) is 3.95. The first-order chi connectivity index (χ1) is 16.7.